The second-order valence-electron chi connectivity index (χ2n) is 5.01. The summed E-state index contributed by atoms with van der Waals surface area (Å²) in [7, 11) is 1.79. The second kappa shape index (κ2) is 5.50. The molecule has 2 heterocycles. The van der Waals surface area contributed by atoms with Crippen molar-refractivity contribution in [2.75, 3.05) is 6.54 Å². The highest BCUT2D eigenvalue weighted by Gasteiger charge is 2.20. The minimum Gasteiger partial charge on any atom is -0.319 e. The van der Waals surface area contributed by atoms with E-state index in [1.54, 1.807) is 17.7 Å². The predicted molar refractivity (Wildman–Crippen MR) is 70.0 cm³/mol. The van der Waals surface area contributed by atoms with E-state index in [0.717, 1.165) is 12.1 Å². The van der Waals surface area contributed by atoms with Crippen molar-refractivity contribution in [2.24, 2.45) is 7.05 Å². The molecule has 0 aliphatic carbocycles. The maximum Gasteiger partial charge on any atom is 0.250 e. The van der Waals surface area contributed by atoms with Gasteiger partial charge in [-0.25, -0.2) is 0 Å². The zero-order chi connectivity index (χ0) is 12.3. The highest BCUT2D eigenvalue weighted by atomic mass is 16.1. The Morgan fingerprint density at radius 1 is 1.41 bits per heavy atom. The molecule has 1 aromatic rings. The summed E-state index contributed by atoms with van der Waals surface area (Å²) in [6.45, 7) is 4.36. The molecule has 3 nitrogen and oxygen atoms in total. The van der Waals surface area contributed by atoms with Crippen molar-refractivity contribution in [3.8, 4) is 0 Å². The smallest absolute Gasteiger partial charge is 0.250 e. The molecule has 2 rings (SSSR count). The Morgan fingerprint density at radius 2 is 2.24 bits per heavy atom. The van der Waals surface area contributed by atoms with Crippen LogP contribution in [-0.4, -0.2) is 22.1 Å². The lowest BCUT2D eigenvalue weighted by Crippen LogP contribution is -2.38. The molecular formula is C14H22N2O. The molecule has 1 aromatic heterocycles. The lowest BCUT2D eigenvalue weighted by atomic mass is 9.99. The zero-order valence-corrected chi connectivity index (χ0v) is 10.9. The van der Waals surface area contributed by atoms with E-state index < -0.39 is 0 Å². The van der Waals surface area contributed by atoms with Gasteiger partial charge in [0.1, 0.15) is 0 Å². The van der Waals surface area contributed by atoms with E-state index in [0.29, 0.717) is 6.04 Å². The number of aromatic nitrogens is 1. The van der Waals surface area contributed by atoms with Crippen LogP contribution in [0.4, 0.5) is 0 Å². The molecule has 0 saturated carbocycles. The molecule has 94 valence electrons. The summed E-state index contributed by atoms with van der Waals surface area (Å²) in [5.74, 6) is 0. The third kappa shape index (κ3) is 2.97. The number of hydrogen-bond acceptors (Lipinski definition) is 2. The molecule has 1 fully saturated rings. The molecule has 0 unspecified atom stereocenters. The van der Waals surface area contributed by atoms with Gasteiger partial charge in [0.15, 0.2) is 0 Å². The van der Waals surface area contributed by atoms with Crippen molar-refractivity contribution in [3.63, 3.8) is 0 Å². The van der Waals surface area contributed by atoms with E-state index in [9.17, 15) is 4.79 Å². The minimum absolute atomic E-state index is 0.0903. The highest BCUT2D eigenvalue weighted by Crippen LogP contribution is 2.21. The Kier molecular flexibility index (Phi) is 4.00. The summed E-state index contributed by atoms with van der Waals surface area (Å²) in [5.41, 5.74) is 1.24. The summed E-state index contributed by atoms with van der Waals surface area (Å²) in [4.78, 5) is 14.1. The molecule has 17 heavy (non-hydrogen) atoms. The Morgan fingerprint density at radius 3 is 2.94 bits per heavy atom. The van der Waals surface area contributed by atoms with Gasteiger partial charge in [0, 0.05) is 31.9 Å². The molecule has 0 aromatic carbocycles. The van der Waals surface area contributed by atoms with Crippen LogP contribution in [0.1, 0.15) is 38.2 Å². The van der Waals surface area contributed by atoms with Crippen molar-refractivity contribution in [2.45, 2.75) is 45.2 Å². The fourth-order valence-electron chi connectivity index (χ4n) is 2.65. The van der Waals surface area contributed by atoms with Gasteiger partial charge in [-0.2, -0.15) is 0 Å². The predicted octanol–water partition coefficient (Wildman–Crippen LogP) is 2.15. The first-order valence-electron chi connectivity index (χ1n) is 6.60. The number of aryl methyl sites for hydroxylation is 1. The van der Waals surface area contributed by atoms with Crippen LogP contribution in [-0.2, 0) is 13.6 Å². The van der Waals surface area contributed by atoms with E-state index in [2.05, 4.69) is 17.9 Å². The molecule has 0 spiro atoms. The van der Waals surface area contributed by atoms with Gasteiger partial charge < -0.3 is 4.57 Å². The summed E-state index contributed by atoms with van der Waals surface area (Å²) in [6.07, 6.45) is 7.03. The second-order valence-corrected chi connectivity index (χ2v) is 5.01. The van der Waals surface area contributed by atoms with Gasteiger partial charge in [-0.05, 0) is 37.4 Å². The van der Waals surface area contributed by atoms with Crippen LogP contribution in [0.15, 0.2) is 23.1 Å². The van der Waals surface area contributed by atoms with Crippen LogP contribution in [0.3, 0.4) is 0 Å². The zero-order valence-electron chi connectivity index (χ0n) is 10.9. The third-order valence-corrected chi connectivity index (χ3v) is 3.77. The monoisotopic (exact) mass is 234 g/mol. The van der Waals surface area contributed by atoms with Crippen LogP contribution in [0.25, 0.3) is 0 Å². The Bertz CT molecular complexity index is 424. The van der Waals surface area contributed by atoms with Gasteiger partial charge in [0.05, 0.1) is 0 Å². The molecule has 1 aliphatic heterocycles. The first-order chi connectivity index (χ1) is 8.20. The maximum absolute atomic E-state index is 11.6. The number of rotatable bonds is 3. The fraction of sp³-hybridized carbons (Fsp3) is 0.643. The van der Waals surface area contributed by atoms with Crippen molar-refractivity contribution in [1.82, 2.24) is 9.47 Å². The van der Waals surface area contributed by atoms with E-state index in [1.165, 1.54) is 32.2 Å². The van der Waals surface area contributed by atoms with Crippen LogP contribution < -0.4 is 5.56 Å². The summed E-state index contributed by atoms with van der Waals surface area (Å²) in [5, 5.41) is 0. The van der Waals surface area contributed by atoms with Gasteiger partial charge in [-0.1, -0.05) is 13.3 Å². The maximum atomic E-state index is 11.6. The van der Waals surface area contributed by atoms with Gasteiger partial charge in [0.25, 0.3) is 5.56 Å². The minimum atomic E-state index is 0.0903. The largest absolute Gasteiger partial charge is 0.319 e. The van der Waals surface area contributed by atoms with Gasteiger partial charge in [0.2, 0.25) is 0 Å². The third-order valence-electron chi connectivity index (χ3n) is 3.77. The molecule has 1 saturated heterocycles. The topological polar surface area (TPSA) is 25.2 Å². The van der Waals surface area contributed by atoms with E-state index in [4.69, 9.17) is 0 Å². The van der Waals surface area contributed by atoms with Crippen LogP contribution in [0.2, 0.25) is 0 Å². The number of nitrogens with zero attached hydrogens (tertiary/aromatic N) is 2. The Balaban J connectivity index is 2.08. The first-order valence-corrected chi connectivity index (χ1v) is 6.60. The van der Waals surface area contributed by atoms with Gasteiger partial charge in [-0.3, -0.25) is 9.69 Å². The number of likely N-dealkylation sites (tertiary alicyclic amines) is 1. The Hall–Kier alpha value is -1.09. The molecular weight excluding hydrogens is 212 g/mol. The SMILES string of the molecule is CC[C@@H]1CCCCN1Cc1ccn(C)c(=O)c1. The van der Waals surface area contributed by atoms with Crippen LogP contribution in [0.5, 0.6) is 0 Å². The quantitative estimate of drug-likeness (QED) is 0.800. The van der Waals surface area contributed by atoms with E-state index >= 15 is 0 Å². The highest BCUT2D eigenvalue weighted by molar-refractivity contribution is 5.11. The molecule has 0 radical (unpaired) electrons. The number of hydrogen-bond donors (Lipinski definition) is 0. The summed E-state index contributed by atoms with van der Waals surface area (Å²) in [6, 6.07) is 4.53. The summed E-state index contributed by atoms with van der Waals surface area (Å²) < 4.78 is 1.62. The fourth-order valence-corrected chi connectivity index (χ4v) is 2.65. The van der Waals surface area contributed by atoms with Crippen molar-refractivity contribution >= 4 is 0 Å². The number of pyridine rings is 1. The number of piperidine rings is 1. The molecule has 1 atom stereocenters. The molecule has 3 heteroatoms. The standard InChI is InChI=1S/C14H22N2O/c1-3-13-6-4-5-8-16(13)11-12-7-9-15(2)14(17)10-12/h7,9-10,13H,3-6,8,11H2,1-2H3/t13-/m1/s1. The lowest BCUT2D eigenvalue weighted by Gasteiger charge is -2.35. The summed E-state index contributed by atoms with van der Waals surface area (Å²) >= 11 is 0. The normalized spacial score (nSPS) is 21.6. The molecule has 0 N–H and O–H groups in total. The average Bonchev–Trinajstić information content (AvgIpc) is 2.34. The molecule has 0 amide bonds. The van der Waals surface area contributed by atoms with Crippen molar-refractivity contribution in [3.05, 3.63) is 34.2 Å². The van der Waals surface area contributed by atoms with Gasteiger partial charge in [-0.15, -0.1) is 0 Å². The van der Waals surface area contributed by atoms with Crippen molar-refractivity contribution in [1.29, 1.82) is 0 Å². The average molecular weight is 234 g/mol. The lowest BCUT2D eigenvalue weighted by molar-refractivity contribution is 0.136. The molecule has 1 aliphatic rings. The van der Waals surface area contributed by atoms with Crippen molar-refractivity contribution < 1.29 is 0 Å². The van der Waals surface area contributed by atoms with E-state index in [-0.39, 0.29) is 5.56 Å². The molecule has 0 bridgehead atoms. The Labute approximate surface area is 103 Å². The van der Waals surface area contributed by atoms with Crippen LogP contribution in [0, 0.1) is 0 Å². The van der Waals surface area contributed by atoms with Crippen LogP contribution >= 0.6 is 0 Å². The first kappa shape index (κ1) is 12.4. The van der Waals surface area contributed by atoms with E-state index in [1.807, 2.05) is 6.20 Å². The van der Waals surface area contributed by atoms with Gasteiger partial charge >= 0.3 is 0 Å².